The first-order valence-corrected chi connectivity index (χ1v) is 10.3. The van der Waals surface area contributed by atoms with Crippen LogP contribution in [0.1, 0.15) is 42.5 Å². The lowest BCUT2D eigenvalue weighted by Gasteiger charge is -2.35. The summed E-state index contributed by atoms with van der Waals surface area (Å²) in [5.74, 6) is 0.0981. The molecular formula is C24H32N2O2. The van der Waals surface area contributed by atoms with Crippen molar-refractivity contribution in [1.82, 2.24) is 10.2 Å². The molecule has 0 bridgehead atoms. The minimum Gasteiger partial charge on any atom is -0.373 e. The third-order valence-corrected chi connectivity index (χ3v) is 5.18. The molecule has 1 aliphatic rings. The summed E-state index contributed by atoms with van der Waals surface area (Å²) in [4.78, 5) is 14.6. The average Bonchev–Trinajstić information content (AvgIpc) is 2.66. The van der Waals surface area contributed by atoms with Crippen molar-refractivity contribution >= 4 is 5.91 Å². The van der Waals surface area contributed by atoms with Crippen LogP contribution in [0.4, 0.5) is 0 Å². The first kappa shape index (κ1) is 20.6. The summed E-state index contributed by atoms with van der Waals surface area (Å²) in [6, 6.07) is 16.9. The monoisotopic (exact) mass is 380 g/mol. The van der Waals surface area contributed by atoms with Crippen molar-refractivity contribution in [1.29, 1.82) is 0 Å². The molecule has 2 aromatic rings. The molecule has 0 radical (unpaired) electrons. The number of morpholine rings is 1. The molecule has 0 aromatic heterocycles. The third-order valence-electron chi connectivity index (χ3n) is 5.18. The van der Waals surface area contributed by atoms with Crippen LogP contribution in [0, 0.1) is 6.92 Å². The molecule has 1 N–H and O–H groups in total. The van der Waals surface area contributed by atoms with Crippen LogP contribution in [-0.2, 0) is 29.0 Å². The van der Waals surface area contributed by atoms with Crippen LogP contribution in [-0.4, -0.2) is 36.1 Å². The standard InChI is InChI=1S/C24H32N2O2/c1-18-4-6-21(7-5-18)12-13-24(27)25-14-22-8-10-23(11-9-22)17-26-15-19(2)28-20(3)16-26/h4-11,19-20H,12-17H2,1-3H3,(H,25,27). The lowest BCUT2D eigenvalue weighted by molar-refractivity contribution is -0.121. The Bertz CT molecular complexity index is 745. The molecule has 1 amide bonds. The SMILES string of the molecule is Cc1ccc(CCC(=O)NCc2ccc(CN3CC(C)OC(C)C3)cc2)cc1. The first-order chi connectivity index (χ1) is 13.5. The zero-order chi connectivity index (χ0) is 19.9. The summed E-state index contributed by atoms with van der Waals surface area (Å²) in [5, 5.41) is 3.03. The summed E-state index contributed by atoms with van der Waals surface area (Å²) in [5.41, 5.74) is 4.89. The minimum absolute atomic E-state index is 0.0981. The fraction of sp³-hybridized carbons (Fsp3) is 0.458. The van der Waals surface area contributed by atoms with Crippen molar-refractivity contribution in [2.24, 2.45) is 0 Å². The second kappa shape index (κ2) is 9.85. The fourth-order valence-electron chi connectivity index (χ4n) is 3.74. The van der Waals surface area contributed by atoms with Crippen molar-refractivity contribution in [3.8, 4) is 0 Å². The van der Waals surface area contributed by atoms with E-state index < -0.39 is 0 Å². The first-order valence-electron chi connectivity index (χ1n) is 10.3. The Hall–Kier alpha value is -2.17. The smallest absolute Gasteiger partial charge is 0.220 e. The topological polar surface area (TPSA) is 41.6 Å². The number of carbonyl (C=O) groups excluding carboxylic acids is 1. The molecule has 4 nitrogen and oxygen atoms in total. The lowest BCUT2D eigenvalue weighted by atomic mass is 10.1. The van der Waals surface area contributed by atoms with Crippen LogP contribution in [0.25, 0.3) is 0 Å². The molecule has 150 valence electrons. The van der Waals surface area contributed by atoms with Gasteiger partial charge in [0.25, 0.3) is 0 Å². The summed E-state index contributed by atoms with van der Waals surface area (Å²) >= 11 is 0. The normalized spacial score (nSPS) is 20.1. The summed E-state index contributed by atoms with van der Waals surface area (Å²) in [7, 11) is 0. The van der Waals surface area contributed by atoms with E-state index in [1.165, 1.54) is 16.7 Å². The molecule has 1 aliphatic heterocycles. The number of nitrogens with zero attached hydrogens (tertiary/aromatic N) is 1. The highest BCUT2D eigenvalue weighted by molar-refractivity contribution is 5.76. The van der Waals surface area contributed by atoms with Crippen LogP contribution in [0.2, 0.25) is 0 Å². The number of hydrogen-bond donors (Lipinski definition) is 1. The van der Waals surface area contributed by atoms with Crippen molar-refractivity contribution in [3.63, 3.8) is 0 Å². The highest BCUT2D eigenvalue weighted by atomic mass is 16.5. The Morgan fingerprint density at radius 3 is 2.18 bits per heavy atom. The maximum absolute atomic E-state index is 12.1. The average molecular weight is 381 g/mol. The van der Waals surface area contributed by atoms with Crippen LogP contribution < -0.4 is 5.32 Å². The van der Waals surface area contributed by atoms with Gasteiger partial charge in [-0.25, -0.2) is 0 Å². The Morgan fingerprint density at radius 1 is 0.964 bits per heavy atom. The lowest BCUT2D eigenvalue weighted by Crippen LogP contribution is -2.44. The highest BCUT2D eigenvalue weighted by Crippen LogP contribution is 2.15. The van der Waals surface area contributed by atoms with Crippen molar-refractivity contribution in [3.05, 3.63) is 70.8 Å². The second-order valence-electron chi connectivity index (χ2n) is 8.03. The zero-order valence-corrected chi connectivity index (χ0v) is 17.3. The molecule has 1 heterocycles. The van der Waals surface area contributed by atoms with E-state index in [0.717, 1.165) is 31.6 Å². The minimum atomic E-state index is 0.0981. The number of carbonyl (C=O) groups is 1. The molecule has 2 aromatic carbocycles. The predicted octanol–water partition coefficient (Wildman–Crippen LogP) is 3.85. The molecule has 0 saturated carbocycles. The van der Waals surface area contributed by atoms with Gasteiger partial charge in [0.05, 0.1) is 12.2 Å². The van der Waals surface area contributed by atoms with E-state index in [2.05, 4.69) is 79.5 Å². The van der Waals surface area contributed by atoms with Gasteiger partial charge in [0, 0.05) is 32.6 Å². The van der Waals surface area contributed by atoms with E-state index in [1.807, 2.05) is 0 Å². The van der Waals surface area contributed by atoms with Crippen LogP contribution in [0.5, 0.6) is 0 Å². The van der Waals surface area contributed by atoms with Gasteiger partial charge in [-0.1, -0.05) is 54.1 Å². The van der Waals surface area contributed by atoms with Crippen molar-refractivity contribution in [2.45, 2.75) is 58.9 Å². The Balaban J connectivity index is 1.41. The molecule has 0 aliphatic carbocycles. The van der Waals surface area contributed by atoms with Gasteiger partial charge in [-0.15, -0.1) is 0 Å². The quantitative estimate of drug-likeness (QED) is 0.793. The summed E-state index contributed by atoms with van der Waals surface area (Å²) in [6.07, 6.45) is 1.88. The maximum Gasteiger partial charge on any atom is 0.220 e. The Kier molecular flexibility index (Phi) is 7.24. The van der Waals surface area contributed by atoms with E-state index >= 15 is 0 Å². The number of aryl methyl sites for hydroxylation is 2. The molecule has 2 unspecified atom stereocenters. The number of ether oxygens (including phenoxy) is 1. The van der Waals surface area contributed by atoms with Gasteiger partial charge in [0.1, 0.15) is 0 Å². The second-order valence-corrected chi connectivity index (χ2v) is 8.03. The molecule has 4 heteroatoms. The molecule has 2 atom stereocenters. The molecular weight excluding hydrogens is 348 g/mol. The van der Waals surface area contributed by atoms with E-state index in [1.54, 1.807) is 0 Å². The Labute approximate surface area is 168 Å². The molecule has 28 heavy (non-hydrogen) atoms. The van der Waals surface area contributed by atoms with Crippen LogP contribution >= 0.6 is 0 Å². The molecule has 3 rings (SSSR count). The molecule has 1 fully saturated rings. The molecule has 1 saturated heterocycles. The van der Waals surface area contributed by atoms with Gasteiger partial charge in [-0.2, -0.15) is 0 Å². The Morgan fingerprint density at radius 2 is 1.54 bits per heavy atom. The predicted molar refractivity (Wildman–Crippen MR) is 113 cm³/mol. The number of nitrogens with one attached hydrogen (secondary N) is 1. The maximum atomic E-state index is 12.1. The summed E-state index contributed by atoms with van der Waals surface area (Å²) in [6.45, 7) is 9.82. The third kappa shape index (κ3) is 6.47. The summed E-state index contributed by atoms with van der Waals surface area (Å²) < 4.78 is 5.80. The van der Waals surface area contributed by atoms with Gasteiger partial charge in [0.15, 0.2) is 0 Å². The van der Waals surface area contributed by atoms with Gasteiger partial charge >= 0.3 is 0 Å². The van der Waals surface area contributed by atoms with E-state index in [9.17, 15) is 4.79 Å². The van der Waals surface area contributed by atoms with Crippen molar-refractivity contribution < 1.29 is 9.53 Å². The number of hydrogen-bond acceptors (Lipinski definition) is 3. The van der Waals surface area contributed by atoms with E-state index in [0.29, 0.717) is 13.0 Å². The van der Waals surface area contributed by atoms with Crippen molar-refractivity contribution in [2.75, 3.05) is 13.1 Å². The van der Waals surface area contributed by atoms with E-state index in [4.69, 9.17) is 4.74 Å². The van der Waals surface area contributed by atoms with Gasteiger partial charge in [0.2, 0.25) is 5.91 Å². The zero-order valence-electron chi connectivity index (χ0n) is 17.3. The van der Waals surface area contributed by atoms with Gasteiger partial charge in [-0.05, 0) is 43.9 Å². The highest BCUT2D eigenvalue weighted by Gasteiger charge is 2.21. The van der Waals surface area contributed by atoms with Gasteiger partial charge < -0.3 is 10.1 Å². The van der Waals surface area contributed by atoms with Crippen LogP contribution in [0.3, 0.4) is 0 Å². The number of benzene rings is 2. The number of rotatable bonds is 7. The van der Waals surface area contributed by atoms with Gasteiger partial charge in [-0.3, -0.25) is 9.69 Å². The fourth-order valence-corrected chi connectivity index (χ4v) is 3.74. The molecule has 0 spiro atoms. The number of amides is 1. The van der Waals surface area contributed by atoms with Crippen LogP contribution in [0.15, 0.2) is 48.5 Å². The van der Waals surface area contributed by atoms with E-state index in [-0.39, 0.29) is 18.1 Å². The largest absolute Gasteiger partial charge is 0.373 e.